The van der Waals surface area contributed by atoms with E-state index >= 15 is 0 Å². The summed E-state index contributed by atoms with van der Waals surface area (Å²) in [5.41, 5.74) is 1.72. The number of fused-ring (bicyclic) bond motifs is 2. The molecule has 1 heterocycles. The minimum atomic E-state index is -1.04. The third kappa shape index (κ3) is 2.78. The molecule has 132 valence electrons. The average Bonchev–Trinajstić information content (AvgIpc) is 3.23. The average molecular weight is 365 g/mol. The van der Waals surface area contributed by atoms with Crippen molar-refractivity contribution in [3.63, 3.8) is 0 Å². The largest absolute Gasteiger partial charge is 0.464 e. The Hall–Kier alpha value is -2.66. The van der Waals surface area contributed by atoms with E-state index in [4.69, 9.17) is 4.74 Å². The predicted octanol–water partition coefficient (Wildman–Crippen LogP) is 3.73. The first-order valence-electron chi connectivity index (χ1n) is 8.66. The lowest BCUT2D eigenvalue weighted by Gasteiger charge is -2.27. The summed E-state index contributed by atoms with van der Waals surface area (Å²) in [5.74, 6) is -0.604. The Kier molecular flexibility index (Phi) is 4.24. The van der Waals surface area contributed by atoms with Crippen molar-refractivity contribution in [2.75, 3.05) is 6.61 Å². The van der Waals surface area contributed by atoms with Crippen molar-refractivity contribution in [2.45, 2.75) is 25.3 Å². The highest BCUT2D eigenvalue weighted by Crippen LogP contribution is 2.33. The van der Waals surface area contributed by atoms with Gasteiger partial charge in [0.1, 0.15) is 5.54 Å². The first-order chi connectivity index (χ1) is 12.6. The zero-order valence-electron chi connectivity index (χ0n) is 14.5. The third-order valence-electron chi connectivity index (χ3n) is 4.85. The second-order valence-corrected chi connectivity index (χ2v) is 7.44. The van der Waals surface area contributed by atoms with Crippen LogP contribution in [0.5, 0.6) is 0 Å². The summed E-state index contributed by atoms with van der Waals surface area (Å²) >= 11 is 1.53. The van der Waals surface area contributed by atoms with Crippen LogP contribution in [0.15, 0.2) is 53.9 Å². The molecule has 1 aliphatic rings. The van der Waals surface area contributed by atoms with Crippen LogP contribution in [0.3, 0.4) is 0 Å². The monoisotopic (exact) mass is 365 g/mol. The van der Waals surface area contributed by atoms with Gasteiger partial charge in [-0.3, -0.25) is 4.79 Å². The summed E-state index contributed by atoms with van der Waals surface area (Å²) < 4.78 is 6.37. The van der Waals surface area contributed by atoms with Crippen LogP contribution >= 0.6 is 11.3 Å². The standard InChI is InChI=1S/C21H19NO3S/c1-2-25-20(24)21(11-14-7-3-4-8-15(14)12-21)22-19(23)17-13-26-18-10-6-5-9-16(17)18/h3-10,13H,2,11-12H2,1H3,(H,22,23). The summed E-state index contributed by atoms with van der Waals surface area (Å²) in [4.78, 5) is 25.8. The van der Waals surface area contributed by atoms with E-state index in [-0.39, 0.29) is 18.5 Å². The number of benzene rings is 2. The van der Waals surface area contributed by atoms with Crippen LogP contribution in [0.25, 0.3) is 10.1 Å². The van der Waals surface area contributed by atoms with E-state index in [1.165, 1.54) is 11.3 Å². The Morgan fingerprint density at radius 2 is 1.73 bits per heavy atom. The predicted molar refractivity (Wildman–Crippen MR) is 103 cm³/mol. The van der Waals surface area contributed by atoms with E-state index in [1.807, 2.05) is 53.9 Å². The topological polar surface area (TPSA) is 55.4 Å². The van der Waals surface area contributed by atoms with Gasteiger partial charge in [-0.15, -0.1) is 11.3 Å². The van der Waals surface area contributed by atoms with Gasteiger partial charge in [0.25, 0.3) is 5.91 Å². The van der Waals surface area contributed by atoms with E-state index in [0.717, 1.165) is 21.2 Å². The Morgan fingerprint density at radius 3 is 2.42 bits per heavy atom. The molecule has 26 heavy (non-hydrogen) atoms. The SMILES string of the molecule is CCOC(=O)C1(NC(=O)c2csc3ccccc23)Cc2ccccc2C1. The number of hydrogen-bond acceptors (Lipinski definition) is 4. The Bertz CT molecular complexity index is 967. The van der Waals surface area contributed by atoms with E-state index in [1.54, 1.807) is 6.92 Å². The zero-order valence-corrected chi connectivity index (χ0v) is 15.3. The van der Waals surface area contributed by atoms with Gasteiger partial charge in [0.05, 0.1) is 12.2 Å². The van der Waals surface area contributed by atoms with Gasteiger partial charge < -0.3 is 10.1 Å². The Balaban J connectivity index is 1.68. The van der Waals surface area contributed by atoms with Crippen molar-refractivity contribution in [2.24, 2.45) is 0 Å². The molecule has 1 amide bonds. The molecule has 0 saturated carbocycles. The summed E-state index contributed by atoms with van der Waals surface area (Å²) in [6, 6.07) is 15.7. The van der Waals surface area contributed by atoms with Crippen LogP contribution in [0.1, 0.15) is 28.4 Å². The zero-order chi connectivity index (χ0) is 18.1. The smallest absolute Gasteiger partial charge is 0.332 e. The maximum Gasteiger partial charge on any atom is 0.332 e. The van der Waals surface area contributed by atoms with Gasteiger partial charge in [-0.05, 0) is 24.1 Å². The molecule has 1 aliphatic carbocycles. The minimum absolute atomic E-state index is 0.233. The maximum atomic E-state index is 13.0. The van der Waals surface area contributed by atoms with Gasteiger partial charge in [-0.25, -0.2) is 4.79 Å². The van der Waals surface area contributed by atoms with E-state index in [2.05, 4.69) is 5.32 Å². The van der Waals surface area contributed by atoms with Crippen LogP contribution in [0, 0.1) is 0 Å². The number of amides is 1. The molecule has 2 aromatic carbocycles. The number of ether oxygens (including phenoxy) is 1. The fraction of sp³-hybridized carbons (Fsp3) is 0.238. The van der Waals surface area contributed by atoms with E-state index in [9.17, 15) is 9.59 Å². The first kappa shape index (κ1) is 16.8. The number of carbonyl (C=O) groups excluding carboxylic acids is 2. The molecule has 0 fully saturated rings. The van der Waals surface area contributed by atoms with Crippen LogP contribution < -0.4 is 5.32 Å². The summed E-state index contributed by atoms with van der Waals surface area (Å²) in [6.07, 6.45) is 0.908. The highest BCUT2D eigenvalue weighted by molar-refractivity contribution is 7.17. The number of esters is 1. The van der Waals surface area contributed by atoms with Gasteiger partial charge in [0, 0.05) is 28.3 Å². The lowest BCUT2D eigenvalue weighted by atomic mass is 9.95. The fourth-order valence-corrected chi connectivity index (χ4v) is 4.55. The molecule has 5 heteroatoms. The van der Waals surface area contributed by atoms with Crippen molar-refractivity contribution in [3.05, 3.63) is 70.6 Å². The molecule has 0 aliphatic heterocycles. The van der Waals surface area contributed by atoms with E-state index < -0.39 is 5.54 Å². The van der Waals surface area contributed by atoms with Gasteiger partial charge in [0.15, 0.2) is 0 Å². The molecular weight excluding hydrogens is 346 g/mol. The molecule has 0 bridgehead atoms. The molecule has 0 spiro atoms. The van der Waals surface area contributed by atoms with Crippen molar-refractivity contribution in [3.8, 4) is 0 Å². The minimum Gasteiger partial charge on any atom is -0.464 e. The summed E-state index contributed by atoms with van der Waals surface area (Å²) in [7, 11) is 0. The second-order valence-electron chi connectivity index (χ2n) is 6.52. The molecule has 1 aromatic heterocycles. The normalized spacial score (nSPS) is 14.8. The molecular formula is C21H19NO3S. The number of carbonyl (C=O) groups is 2. The lowest BCUT2D eigenvalue weighted by Crippen LogP contribution is -2.56. The van der Waals surface area contributed by atoms with Crippen molar-refractivity contribution in [1.82, 2.24) is 5.32 Å². The number of nitrogens with one attached hydrogen (secondary N) is 1. The van der Waals surface area contributed by atoms with Gasteiger partial charge in [-0.1, -0.05) is 42.5 Å². The molecule has 0 saturated heterocycles. The molecule has 4 nitrogen and oxygen atoms in total. The second kappa shape index (κ2) is 6.57. The molecule has 0 atom stereocenters. The van der Waals surface area contributed by atoms with Crippen LogP contribution in [-0.4, -0.2) is 24.0 Å². The van der Waals surface area contributed by atoms with Crippen LogP contribution in [0.4, 0.5) is 0 Å². The molecule has 3 aromatic rings. The van der Waals surface area contributed by atoms with Gasteiger partial charge in [0.2, 0.25) is 0 Å². The quantitative estimate of drug-likeness (QED) is 0.717. The highest BCUT2D eigenvalue weighted by Gasteiger charge is 2.46. The van der Waals surface area contributed by atoms with Crippen LogP contribution in [-0.2, 0) is 22.4 Å². The number of rotatable bonds is 4. The number of hydrogen-bond donors (Lipinski definition) is 1. The maximum absolute atomic E-state index is 13.0. The third-order valence-corrected chi connectivity index (χ3v) is 5.81. The van der Waals surface area contributed by atoms with Gasteiger partial charge >= 0.3 is 5.97 Å². The van der Waals surface area contributed by atoms with Crippen molar-refractivity contribution >= 4 is 33.3 Å². The van der Waals surface area contributed by atoms with Crippen molar-refractivity contribution in [1.29, 1.82) is 0 Å². The molecule has 0 radical (unpaired) electrons. The summed E-state index contributed by atoms with van der Waals surface area (Å²) in [5, 5.41) is 5.77. The highest BCUT2D eigenvalue weighted by atomic mass is 32.1. The Morgan fingerprint density at radius 1 is 1.08 bits per heavy atom. The van der Waals surface area contributed by atoms with Gasteiger partial charge in [-0.2, -0.15) is 0 Å². The summed E-state index contributed by atoms with van der Waals surface area (Å²) in [6.45, 7) is 2.07. The fourth-order valence-electron chi connectivity index (χ4n) is 3.61. The first-order valence-corrected chi connectivity index (χ1v) is 9.54. The number of thiophene rings is 1. The van der Waals surface area contributed by atoms with E-state index in [0.29, 0.717) is 18.4 Å². The lowest BCUT2D eigenvalue weighted by molar-refractivity contribution is -0.150. The Labute approximate surface area is 155 Å². The van der Waals surface area contributed by atoms with Crippen LogP contribution in [0.2, 0.25) is 0 Å². The molecule has 4 rings (SSSR count). The van der Waals surface area contributed by atoms with Crippen molar-refractivity contribution < 1.29 is 14.3 Å². The molecule has 0 unspecified atom stereocenters. The molecule has 1 N–H and O–H groups in total.